The first kappa shape index (κ1) is 66.9. The largest absolute Gasteiger partial charge is 0.497 e. The highest BCUT2D eigenvalue weighted by Gasteiger charge is 2.24. The Balaban J connectivity index is 0.000000216. The Kier molecular flexibility index (Phi) is 24.3. The summed E-state index contributed by atoms with van der Waals surface area (Å²) in [7, 11) is -4.25. The maximum absolute atomic E-state index is 13.7. The summed E-state index contributed by atoms with van der Waals surface area (Å²) in [6, 6.07) is 68.2. The van der Waals surface area contributed by atoms with Crippen LogP contribution in [0.4, 0.5) is 0 Å². The number of sulfonamides is 2. The summed E-state index contributed by atoms with van der Waals surface area (Å²) in [4.78, 5) is 31.2. The lowest BCUT2D eigenvalue weighted by Gasteiger charge is -2.25. The van der Waals surface area contributed by atoms with E-state index in [1.165, 1.54) is 12.8 Å². The van der Waals surface area contributed by atoms with Gasteiger partial charge in [0.15, 0.2) is 0 Å². The van der Waals surface area contributed by atoms with Crippen molar-refractivity contribution in [1.82, 2.24) is 19.2 Å². The summed E-state index contributed by atoms with van der Waals surface area (Å²) in [6.45, 7) is 2.90. The van der Waals surface area contributed by atoms with E-state index in [9.17, 15) is 26.4 Å². The van der Waals surface area contributed by atoms with Crippen LogP contribution in [-0.2, 0) is 88.1 Å². The number of methoxy groups -OCH3 is 2. The standard InChI is InChI=1S/C38H37ClN2O5S.C35H37ClN2O5S/c1-45-35-17-12-31(13-18-35)26-40-47(43,44)36-19-14-29(15-20-36)22-23-41(38(42)24-30-8-4-2-5-9-30)27-33-25-34(39)16-21-37(33)46-28-32-10-6-3-7-11-32;1-42-32-14-9-28(10-15-32)23-37-44(40,41)33-16-11-26(12-17-33)19-20-38(35(39)21-27-5-3-2-4-6-27)24-30-22-31(36)13-18-34(30)43-25-29-7-8-29/h2-21,25,40H,22-24,26-28H2,1H3;2-6,9-18,22,29,37H,7-8,19-21,23-25H2,1H3. The second kappa shape index (κ2) is 33.0. The number of rotatable bonds is 30. The van der Waals surface area contributed by atoms with Crippen molar-refractivity contribution in [1.29, 1.82) is 0 Å². The number of hydrogen-bond donors (Lipinski definition) is 2. The van der Waals surface area contributed by atoms with Crippen LogP contribution in [0.1, 0.15) is 62.9 Å². The molecule has 0 spiro atoms. The Labute approximate surface area is 544 Å². The first-order chi connectivity index (χ1) is 44.1. The molecule has 1 fully saturated rings. The maximum atomic E-state index is 13.7. The minimum absolute atomic E-state index is 0.00810. The van der Waals surface area contributed by atoms with Gasteiger partial charge in [-0.1, -0.05) is 163 Å². The molecular weight excluding hydrogens is 1230 g/mol. The molecular formula is C73H74Cl2N4O10S2. The van der Waals surface area contributed by atoms with Gasteiger partial charge >= 0.3 is 0 Å². The normalized spacial score (nSPS) is 12.0. The third kappa shape index (κ3) is 21.0. The lowest BCUT2D eigenvalue weighted by Crippen LogP contribution is -2.34. The number of halogens is 2. The molecule has 1 aliphatic rings. The molecule has 472 valence electrons. The van der Waals surface area contributed by atoms with Gasteiger partial charge < -0.3 is 28.7 Å². The lowest BCUT2D eigenvalue weighted by molar-refractivity contribution is -0.131. The van der Waals surface area contributed by atoms with Crippen LogP contribution >= 0.6 is 23.2 Å². The average molecular weight is 1300 g/mol. The Hall–Kier alpha value is -8.48. The summed E-state index contributed by atoms with van der Waals surface area (Å²) in [5.41, 5.74) is 8.04. The van der Waals surface area contributed by atoms with Crippen LogP contribution in [0.25, 0.3) is 0 Å². The quantitative estimate of drug-likeness (QED) is 0.0442. The van der Waals surface area contributed by atoms with Crippen molar-refractivity contribution in [3.8, 4) is 23.0 Å². The molecule has 2 N–H and O–H groups in total. The average Bonchev–Trinajstić information content (AvgIpc) is 3.88. The Morgan fingerprint density at radius 3 is 1.21 bits per heavy atom. The third-order valence-corrected chi connectivity index (χ3v) is 18.6. The molecule has 0 saturated heterocycles. The molecule has 0 bridgehead atoms. The topological polar surface area (TPSA) is 170 Å². The molecule has 9 aromatic rings. The molecule has 18 heteroatoms. The van der Waals surface area contributed by atoms with Crippen molar-refractivity contribution < 1.29 is 45.4 Å². The van der Waals surface area contributed by atoms with Crippen LogP contribution < -0.4 is 28.4 Å². The van der Waals surface area contributed by atoms with Crippen LogP contribution in [0, 0.1) is 5.92 Å². The molecule has 0 unspecified atom stereocenters. The van der Waals surface area contributed by atoms with E-state index in [2.05, 4.69) is 9.44 Å². The zero-order valence-corrected chi connectivity index (χ0v) is 54.0. The van der Waals surface area contributed by atoms with Crippen molar-refractivity contribution in [3.05, 3.63) is 285 Å². The maximum Gasteiger partial charge on any atom is 0.240 e. The number of carbonyl (C=O) groups excluding carboxylic acids is 2. The predicted molar refractivity (Wildman–Crippen MR) is 357 cm³/mol. The van der Waals surface area contributed by atoms with E-state index >= 15 is 0 Å². The Morgan fingerprint density at radius 2 is 0.824 bits per heavy atom. The van der Waals surface area contributed by atoms with E-state index in [1.807, 2.05) is 150 Å². The second-order valence-electron chi connectivity index (χ2n) is 22.1. The van der Waals surface area contributed by atoms with E-state index in [4.69, 9.17) is 42.1 Å². The van der Waals surface area contributed by atoms with Gasteiger partial charge in [-0.15, -0.1) is 0 Å². The van der Waals surface area contributed by atoms with Crippen LogP contribution in [0.2, 0.25) is 10.0 Å². The minimum Gasteiger partial charge on any atom is -0.497 e. The molecule has 1 saturated carbocycles. The van der Waals surface area contributed by atoms with Crippen molar-refractivity contribution in [2.75, 3.05) is 33.9 Å². The van der Waals surface area contributed by atoms with E-state index in [0.717, 1.165) is 55.8 Å². The van der Waals surface area contributed by atoms with Gasteiger partial charge in [0.2, 0.25) is 31.9 Å². The monoisotopic (exact) mass is 1300 g/mol. The summed E-state index contributed by atoms with van der Waals surface area (Å²) >= 11 is 12.8. The molecule has 0 atom stereocenters. The van der Waals surface area contributed by atoms with Crippen LogP contribution in [0.3, 0.4) is 0 Å². The predicted octanol–water partition coefficient (Wildman–Crippen LogP) is 13.6. The molecule has 0 heterocycles. The summed E-state index contributed by atoms with van der Waals surface area (Å²) in [5.74, 6) is 3.37. The third-order valence-electron chi connectivity index (χ3n) is 15.3. The van der Waals surface area contributed by atoms with Crippen molar-refractivity contribution >= 4 is 55.1 Å². The molecule has 9 aromatic carbocycles. The number of hydrogen-bond acceptors (Lipinski definition) is 10. The molecule has 10 rings (SSSR count). The van der Waals surface area contributed by atoms with Gasteiger partial charge in [0, 0.05) is 60.4 Å². The lowest BCUT2D eigenvalue weighted by atomic mass is 10.1. The molecule has 14 nitrogen and oxygen atoms in total. The van der Waals surface area contributed by atoms with Gasteiger partial charge in [0.25, 0.3) is 0 Å². The fourth-order valence-electron chi connectivity index (χ4n) is 9.82. The fourth-order valence-corrected chi connectivity index (χ4v) is 12.2. The van der Waals surface area contributed by atoms with E-state index in [1.54, 1.807) is 98.0 Å². The second-order valence-corrected chi connectivity index (χ2v) is 26.5. The van der Waals surface area contributed by atoms with Gasteiger partial charge in [-0.25, -0.2) is 26.3 Å². The van der Waals surface area contributed by atoms with Gasteiger partial charge in [-0.2, -0.15) is 0 Å². The van der Waals surface area contributed by atoms with Crippen molar-refractivity contribution in [3.63, 3.8) is 0 Å². The van der Waals surface area contributed by atoms with Gasteiger partial charge in [-0.3, -0.25) is 9.59 Å². The Morgan fingerprint density at radius 1 is 0.451 bits per heavy atom. The van der Waals surface area contributed by atoms with E-state index in [-0.39, 0.29) is 47.5 Å². The molecule has 0 radical (unpaired) electrons. The molecule has 0 aliphatic heterocycles. The highest BCUT2D eigenvalue weighted by Crippen LogP contribution is 2.32. The number of carbonyl (C=O) groups is 2. The van der Waals surface area contributed by atoms with Crippen molar-refractivity contribution in [2.45, 2.75) is 81.1 Å². The smallest absolute Gasteiger partial charge is 0.240 e. The number of nitrogens with zero attached hydrogens (tertiary/aromatic N) is 2. The molecule has 0 aromatic heterocycles. The fraction of sp³-hybridized carbons (Fsp3) is 0.233. The molecule has 91 heavy (non-hydrogen) atoms. The van der Waals surface area contributed by atoms with Crippen LogP contribution in [0.15, 0.2) is 234 Å². The number of nitrogens with one attached hydrogen (secondary N) is 2. The van der Waals surface area contributed by atoms with Crippen LogP contribution in [0.5, 0.6) is 23.0 Å². The number of amides is 2. The van der Waals surface area contributed by atoms with Gasteiger partial charge in [-0.05, 0) is 155 Å². The van der Waals surface area contributed by atoms with E-state index < -0.39 is 20.0 Å². The summed E-state index contributed by atoms with van der Waals surface area (Å²) in [5, 5.41) is 1.14. The zero-order chi connectivity index (χ0) is 64.0. The van der Waals surface area contributed by atoms with Gasteiger partial charge in [0.1, 0.15) is 29.6 Å². The first-order valence-corrected chi connectivity index (χ1v) is 33.7. The SMILES string of the molecule is COc1ccc(CNS(=O)(=O)c2ccc(CCN(Cc3cc(Cl)ccc3OCC3CC3)C(=O)Cc3ccccc3)cc2)cc1.COc1ccc(CNS(=O)(=O)c2ccc(CCN(Cc3cc(Cl)ccc3OCc3ccccc3)C(=O)Cc3ccccc3)cc2)cc1. The van der Waals surface area contributed by atoms with Crippen LogP contribution in [-0.4, -0.2) is 72.4 Å². The summed E-state index contributed by atoms with van der Waals surface area (Å²) < 4.78 is 79.7. The number of benzene rings is 9. The highest BCUT2D eigenvalue weighted by atomic mass is 35.5. The summed E-state index contributed by atoms with van der Waals surface area (Å²) in [6.07, 6.45) is 3.97. The zero-order valence-electron chi connectivity index (χ0n) is 50.9. The molecule has 1 aliphatic carbocycles. The number of ether oxygens (including phenoxy) is 4. The Bertz CT molecular complexity index is 4020. The first-order valence-electron chi connectivity index (χ1n) is 30.0. The van der Waals surface area contributed by atoms with Crippen molar-refractivity contribution in [2.24, 2.45) is 5.92 Å². The van der Waals surface area contributed by atoms with E-state index in [0.29, 0.717) is 85.4 Å². The highest BCUT2D eigenvalue weighted by molar-refractivity contribution is 7.89. The van der Waals surface area contributed by atoms with Gasteiger partial charge in [0.05, 0.1) is 43.5 Å². The molecule has 2 amide bonds. The minimum atomic E-state index is -3.72.